The molecule has 5 heteroatoms. The van der Waals surface area contributed by atoms with Crippen molar-refractivity contribution in [2.45, 2.75) is 335 Å². The van der Waals surface area contributed by atoms with Gasteiger partial charge in [0, 0.05) is 19.4 Å². The van der Waals surface area contributed by atoms with Crippen LogP contribution < -0.4 is 0 Å². The van der Waals surface area contributed by atoms with Gasteiger partial charge in [-0.05, 0) is 44.9 Å². The molecule has 0 saturated heterocycles. The van der Waals surface area contributed by atoms with Crippen molar-refractivity contribution in [3.05, 3.63) is 12.2 Å². The Hall–Kier alpha value is -1.36. The van der Waals surface area contributed by atoms with Gasteiger partial charge in [0.15, 0.2) is 0 Å². The summed E-state index contributed by atoms with van der Waals surface area (Å²) in [6, 6.07) is 0. The summed E-state index contributed by atoms with van der Waals surface area (Å²) in [7, 11) is 0. The molecule has 0 saturated carbocycles. The smallest absolute Gasteiger partial charge is 0.305 e. The Morgan fingerprint density at radius 3 is 0.844 bits per heavy atom. The minimum Gasteiger partial charge on any atom is -0.463 e. The predicted octanol–water partition coefficient (Wildman–Crippen LogP) is 19.8. The fraction of sp³-hybridized carbons (Fsp3) is 0.932. The van der Waals surface area contributed by atoms with Crippen molar-refractivity contribution in [2.75, 3.05) is 19.8 Å². The van der Waals surface area contributed by atoms with Gasteiger partial charge in [0.1, 0.15) is 19.3 Å². The lowest BCUT2D eigenvalue weighted by atomic mass is 10.0. The zero-order valence-electron chi connectivity index (χ0n) is 43.8. The van der Waals surface area contributed by atoms with Crippen molar-refractivity contribution in [1.29, 1.82) is 0 Å². The van der Waals surface area contributed by atoms with E-state index in [2.05, 4.69) is 32.9 Å². The van der Waals surface area contributed by atoms with E-state index < -0.39 is 6.10 Å². The molecule has 0 rings (SSSR count). The summed E-state index contributed by atoms with van der Waals surface area (Å²) in [4.78, 5) is 25.3. The Bertz CT molecular complexity index is 932. The molecular weight excluding hydrogens is 789 g/mol. The molecule has 0 spiro atoms. The third-order valence-corrected chi connectivity index (χ3v) is 13.3. The highest BCUT2D eigenvalue weighted by Gasteiger charge is 2.16. The van der Waals surface area contributed by atoms with E-state index in [1.165, 1.54) is 257 Å². The van der Waals surface area contributed by atoms with Crippen LogP contribution in [0.15, 0.2) is 12.2 Å². The van der Waals surface area contributed by atoms with E-state index in [4.69, 9.17) is 14.2 Å². The zero-order chi connectivity index (χ0) is 46.3. The van der Waals surface area contributed by atoms with Crippen LogP contribution in [0.3, 0.4) is 0 Å². The van der Waals surface area contributed by atoms with Gasteiger partial charge in [-0.2, -0.15) is 0 Å². The zero-order valence-corrected chi connectivity index (χ0v) is 43.8. The van der Waals surface area contributed by atoms with E-state index >= 15 is 0 Å². The normalized spacial score (nSPS) is 12.1. The molecule has 0 heterocycles. The molecule has 1 atom stereocenters. The molecule has 380 valence electrons. The molecule has 5 nitrogen and oxygen atoms in total. The first kappa shape index (κ1) is 62.6. The van der Waals surface area contributed by atoms with Crippen molar-refractivity contribution in [2.24, 2.45) is 0 Å². The van der Waals surface area contributed by atoms with Crippen LogP contribution in [-0.2, 0) is 23.8 Å². The monoisotopic (exact) mass is 903 g/mol. The molecule has 0 aromatic heterocycles. The van der Waals surface area contributed by atoms with E-state index in [0.717, 1.165) is 38.5 Å². The lowest BCUT2D eigenvalue weighted by molar-refractivity contribution is -0.155. The number of allylic oxidation sites excluding steroid dienone is 2. The van der Waals surface area contributed by atoms with Gasteiger partial charge in [-0.1, -0.05) is 283 Å². The number of unbranched alkanes of at least 4 members (excludes halogenated alkanes) is 42. The molecule has 0 aliphatic rings. The molecular formula is C59H114O5. The van der Waals surface area contributed by atoms with Crippen LogP contribution in [0.1, 0.15) is 329 Å². The summed E-state index contributed by atoms with van der Waals surface area (Å²) in [6.07, 6.45) is 65.4. The van der Waals surface area contributed by atoms with Crippen molar-refractivity contribution in [1.82, 2.24) is 0 Å². The van der Waals surface area contributed by atoms with E-state index in [-0.39, 0.29) is 25.2 Å². The van der Waals surface area contributed by atoms with Crippen LogP contribution >= 0.6 is 0 Å². The topological polar surface area (TPSA) is 61.8 Å². The number of ether oxygens (including phenoxy) is 3. The van der Waals surface area contributed by atoms with E-state index in [9.17, 15) is 9.59 Å². The number of hydrogen-bond acceptors (Lipinski definition) is 5. The Morgan fingerprint density at radius 2 is 0.547 bits per heavy atom. The average molecular weight is 904 g/mol. The van der Waals surface area contributed by atoms with Crippen molar-refractivity contribution >= 4 is 11.9 Å². The summed E-state index contributed by atoms with van der Waals surface area (Å²) in [6.45, 7) is 7.79. The van der Waals surface area contributed by atoms with Crippen LogP contribution in [0, 0.1) is 0 Å². The highest BCUT2D eigenvalue weighted by Crippen LogP contribution is 2.17. The Labute approximate surface area is 401 Å². The summed E-state index contributed by atoms with van der Waals surface area (Å²) in [5.41, 5.74) is 0. The maximum absolute atomic E-state index is 12.7. The van der Waals surface area contributed by atoms with Crippen LogP contribution in [-0.4, -0.2) is 37.9 Å². The summed E-state index contributed by atoms with van der Waals surface area (Å²) in [5, 5.41) is 0. The lowest BCUT2D eigenvalue weighted by Crippen LogP contribution is -2.29. The summed E-state index contributed by atoms with van der Waals surface area (Å²) in [5.74, 6) is -0.315. The maximum Gasteiger partial charge on any atom is 0.305 e. The van der Waals surface area contributed by atoms with Crippen molar-refractivity contribution < 1.29 is 23.8 Å². The second-order valence-electron chi connectivity index (χ2n) is 19.9. The molecule has 0 aliphatic heterocycles. The van der Waals surface area contributed by atoms with Crippen LogP contribution in [0.4, 0.5) is 0 Å². The highest BCUT2D eigenvalue weighted by atomic mass is 16.6. The first-order valence-corrected chi connectivity index (χ1v) is 29.2. The molecule has 0 radical (unpaired) electrons. The van der Waals surface area contributed by atoms with Gasteiger partial charge < -0.3 is 14.2 Å². The maximum atomic E-state index is 12.7. The van der Waals surface area contributed by atoms with Crippen molar-refractivity contribution in [3.63, 3.8) is 0 Å². The van der Waals surface area contributed by atoms with E-state index in [0.29, 0.717) is 19.4 Å². The molecule has 0 unspecified atom stereocenters. The van der Waals surface area contributed by atoms with E-state index in [1.54, 1.807) is 0 Å². The van der Waals surface area contributed by atoms with Gasteiger partial charge in [0.25, 0.3) is 0 Å². The minimum atomic E-state index is -0.393. The molecule has 0 aromatic rings. The second kappa shape index (κ2) is 56.0. The fourth-order valence-electron chi connectivity index (χ4n) is 8.89. The number of hydrogen-bond donors (Lipinski definition) is 0. The molecule has 0 aromatic carbocycles. The highest BCUT2D eigenvalue weighted by molar-refractivity contribution is 5.69. The number of carbonyl (C=O) groups is 2. The quantitative estimate of drug-likeness (QED) is 0.0346. The first-order chi connectivity index (χ1) is 31.6. The molecule has 64 heavy (non-hydrogen) atoms. The Balaban J connectivity index is 4.19. The van der Waals surface area contributed by atoms with Gasteiger partial charge in [0.05, 0.1) is 0 Å². The third-order valence-electron chi connectivity index (χ3n) is 13.3. The number of rotatable bonds is 55. The van der Waals surface area contributed by atoms with Crippen LogP contribution in [0.2, 0.25) is 0 Å². The third kappa shape index (κ3) is 53.3. The largest absolute Gasteiger partial charge is 0.463 e. The number of esters is 2. The summed E-state index contributed by atoms with van der Waals surface area (Å²) < 4.78 is 17.5. The van der Waals surface area contributed by atoms with Gasteiger partial charge in [-0.3, -0.25) is 9.59 Å². The molecule has 0 bridgehead atoms. The Morgan fingerprint density at radius 1 is 0.312 bits per heavy atom. The SMILES string of the molecule is CCCCCC/C=C\CCCCCCCCCC(=O)OC[C@H](COC(=O)CCCCCCCCCCCCCCCCCCC)OCCCCCCCCCCCCCCCCCC. The first-order valence-electron chi connectivity index (χ1n) is 29.2. The Kier molecular flexibility index (Phi) is 54.8. The molecule has 0 N–H and O–H groups in total. The molecule has 0 aliphatic carbocycles. The number of carbonyl (C=O) groups excluding carboxylic acids is 2. The van der Waals surface area contributed by atoms with Crippen LogP contribution in [0.25, 0.3) is 0 Å². The lowest BCUT2D eigenvalue weighted by Gasteiger charge is -2.18. The van der Waals surface area contributed by atoms with Crippen LogP contribution in [0.5, 0.6) is 0 Å². The van der Waals surface area contributed by atoms with E-state index in [1.807, 2.05) is 0 Å². The molecule has 0 fully saturated rings. The van der Waals surface area contributed by atoms with Gasteiger partial charge in [0.2, 0.25) is 0 Å². The van der Waals surface area contributed by atoms with Crippen molar-refractivity contribution in [3.8, 4) is 0 Å². The van der Waals surface area contributed by atoms with Gasteiger partial charge in [-0.25, -0.2) is 0 Å². The fourth-order valence-corrected chi connectivity index (χ4v) is 8.89. The van der Waals surface area contributed by atoms with Gasteiger partial charge >= 0.3 is 11.9 Å². The molecule has 0 amide bonds. The predicted molar refractivity (Wildman–Crippen MR) is 279 cm³/mol. The van der Waals surface area contributed by atoms with Gasteiger partial charge in [-0.15, -0.1) is 0 Å². The minimum absolute atomic E-state index is 0.155. The second-order valence-corrected chi connectivity index (χ2v) is 19.9. The summed E-state index contributed by atoms with van der Waals surface area (Å²) >= 11 is 0. The standard InChI is InChI=1S/C59H114O5/c1-4-7-10-13-16-19-22-25-28-30-32-35-38-41-44-47-50-53-59(61)64-56-57(62-54-51-48-45-42-39-36-33-29-26-23-20-17-14-11-8-5-2)55-63-58(60)52-49-46-43-40-37-34-31-27-24-21-18-15-12-9-6-3/h21,24,57H,4-20,22-23,25-56H2,1-3H3/b24-21-/t57-/m1/s1. The average Bonchev–Trinajstić information content (AvgIpc) is 3.30.